The molecule has 136 valence electrons. The van der Waals surface area contributed by atoms with Crippen LogP contribution in [0.3, 0.4) is 0 Å². The van der Waals surface area contributed by atoms with Gasteiger partial charge in [0.2, 0.25) is 0 Å². The molecule has 0 spiro atoms. The molecule has 0 rings (SSSR count). The van der Waals surface area contributed by atoms with E-state index in [1.54, 1.807) is 0 Å². The van der Waals surface area contributed by atoms with Crippen LogP contribution in [0.1, 0.15) is 104 Å². The molecule has 0 heterocycles. The molecule has 0 aliphatic carbocycles. The minimum Gasteiger partial charge on any atom is -0.446 e. The molecule has 0 aromatic rings. The third-order valence-electron chi connectivity index (χ3n) is 4.20. The predicted octanol–water partition coefficient (Wildman–Crippen LogP) is 6.51. The lowest BCUT2D eigenvalue weighted by Gasteiger charge is -2.16. The van der Waals surface area contributed by atoms with Gasteiger partial charge in [-0.15, -0.1) is 0 Å². The highest BCUT2D eigenvalue weighted by Gasteiger charge is 2.11. The zero-order chi connectivity index (χ0) is 17.2. The summed E-state index contributed by atoms with van der Waals surface area (Å²) in [5.74, 6) is 0. The van der Waals surface area contributed by atoms with E-state index in [0.29, 0.717) is 0 Å². The fraction of sp³-hybridized carbons (Fsp3) is 0.850. The Kier molecular flexibility index (Phi) is 16.6. The number of hydrogen-bond acceptors (Lipinski definition) is 2. The number of rotatable bonds is 16. The lowest BCUT2D eigenvalue weighted by atomic mass is 10.0. The number of ether oxygens (including phenoxy) is 1. The molecule has 1 amide bonds. The van der Waals surface area contributed by atoms with Crippen molar-refractivity contribution in [3.63, 3.8) is 0 Å². The summed E-state index contributed by atoms with van der Waals surface area (Å²) in [6.45, 7) is 4.43. The van der Waals surface area contributed by atoms with Crippen LogP contribution in [0, 0.1) is 0 Å². The predicted molar refractivity (Wildman–Crippen MR) is 99.6 cm³/mol. The number of carbonyl (C=O) groups is 1. The van der Waals surface area contributed by atoms with Crippen LogP contribution in [-0.4, -0.2) is 12.2 Å². The summed E-state index contributed by atoms with van der Waals surface area (Å²) in [5, 5.41) is 0. The molecule has 0 aliphatic heterocycles. The maximum Gasteiger partial charge on any atom is 0.404 e. The summed E-state index contributed by atoms with van der Waals surface area (Å²) in [7, 11) is 0. The summed E-state index contributed by atoms with van der Waals surface area (Å²) in [6.07, 6.45) is 20.8. The van der Waals surface area contributed by atoms with Crippen LogP contribution in [0.25, 0.3) is 0 Å². The van der Waals surface area contributed by atoms with E-state index in [2.05, 4.69) is 26.0 Å². The van der Waals surface area contributed by atoms with E-state index >= 15 is 0 Å². The maximum absolute atomic E-state index is 10.9. The van der Waals surface area contributed by atoms with Gasteiger partial charge in [-0.05, 0) is 51.4 Å². The number of allylic oxidation sites excluding steroid dienone is 2. The molecule has 0 saturated heterocycles. The van der Waals surface area contributed by atoms with E-state index in [1.165, 1.54) is 64.2 Å². The normalized spacial score (nSPS) is 12.6. The molecule has 0 fully saturated rings. The third kappa shape index (κ3) is 17.2. The van der Waals surface area contributed by atoms with Crippen molar-refractivity contribution in [1.29, 1.82) is 0 Å². The van der Waals surface area contributed by atoms with Crippen LogP contribution in [-0.2, 0) is 4.74 Å². The van der Waals surface area contributed by atoms with Crippen molar-refractivity contribution in [3.8, 4) is 0 Å². The number of amides is 1. The molecule has 0 aromatic carbocycles. The number of nitrogens with two attached hydrogens (primary N) is 1. The Morgan fingerprint density at radius 2 is 1.30 bits per heavy atom. The van der Waals surface area contributed by atoms with Crippen LogP contribution in [0.15, 0.2) is 12.2 Å². The fourth-order valence-electron chi connectivity index (χ4n) is 2.78. The van der Waals surface area contributed by atoms with Crippen molar-refractivity contribution >= 4 is 6.09 Å². The van der Waals surface area contributed by atoms with Crippen molar-refractivity contribution in [3.05, 3.63) is 12.2 Å². The van der Waals surface area contributed by atoms with E-state index in [9.17, 15) is 4.79 Å². The van der Waals surface area contributed by atoms with Gasteiger partial charge in [0.15, 0.2) is 0 Å². The average molecular weight is 326 g/mol. The van der Waals surface area contributed by atoms with Gasteiger partial charge in [0.05, 0.1) is 0 Å². The van der Waals surface area contributed by atoms with Gasteiger partial charge in [0.25, 0.3) is 0 Å². The van der Waals surface area contributed by atoms with E-state index in [-0.39, 0.29) is 6.10 Å². The van der Waals surface area contributed by atoms with Gasteiger partial charge in [-0.1, -0.05) is 64.5 Å². The van der Waals surface area contributed by atoms with Gasteiger partial charge >= 0.3 is 6.09 Å². The van der Waals surface area contributed by atoms with Gasteiger partial charge in [-0.3, -0.25) is 0 Å². The molecule has 3 nitrogen and oxygen atoms in total. The van der Waals surface area contributed by atoms with Gasteiger partial charge in [-0.2, -0.15) is 0 Å². The van der Waals surface area contributed by atoms with Crippen molar-refractivity contribution in [1.82, 2.24) is 0 Å². The van der Waals surface area contributed by atoms with Crippen LogP contribution >= 0.6 is 0 Å². The number of primary amides is 1. The van der Waals surface area contributed by atoms with Gasteiger partial charge in [-0.25, -0.2) is 4.79 Å². The molecular formula is C20H39NO2. The standard InChI is InChI=1S/C20H39NO2/c1-3-5-7-8-9-10-11-12-13-14-16-18-19(23-20(21)22)17-15-6-4-2/h10-11,19H,3-9,12-18H2,1-2H3,(H2,21,22). The first-order valence-corrected chi connectivity index (χ1v) is 9.81. The number of carbonyl (C=O) groups excluding carboxylic acids is 1. The van der Waals surface area contributed by atoms with Crippen molar-refractivity contribution in [2.24, 2.45) is 5.73 Å². The number of unbranched alkanes of at least 4 members (excludes halogenated alkanes) is 9. The summed E-state index contributed by atoms with van der Waals surface area (Å²) in [5.41, 5.74) is 5.16. The van der Waals surface area contributed by atoms with E-state index in [1.807, 2.05) is 0 Å². The molecule has 3 heteroatoms. The first-order valence-electron chi connectivity index (χ1n) is 9.81. The Morgan fingerprint density at radius 3 is 1.83 bits per heavy atom. The quantitative estimate of drug-likeness (QED) is 0.260. The van der Waals surface area contributed by atoms with Crippen LogP contribution in [0.2, 0.25) is 0 Å². The fourth-order valence-corrected chi connectivity index (χ4v) is 2.78. The summed E-state index contributed by atoms with van der Waals surface area (Å²) >= 11 is 0. The second-order valence-corrected chi connectivity index (χ2v) is 6.51. The highest BCUT2D eigenvalue weighted by molar-refractivity contribution is 5.64. The molecule has 2 N–H and O–H groups in total. The zero-order valence-corrected chi connectivity index (χ0v) is 15.5. The highest BCUT2D eigenvalue weighted by Crippen LogP contribution is 2.15. The van der Waals surface area contributed by atoms with Crippen LogP contribution in [0.5, 0.6) is 0 Å². The highest BCUT2D eigenvalue weighted by atomic mass is 16.6. The largest absolute Gasteiger partial charge is 0.446 e. The Morgan fingerprint density at radius 1 is 0.826 bits per heavy atom. The molecule has 0 aliphatic rings. The van der Waals surface area contributed by atoms with Crippen LogP contribution < -0.4 is 5.73 Å². The van der Waals surface area contributed by atoms with Gasteiger partial charge in [0, 0.05) is 0 Å². The lowest BCUT2D eigenvalue weighted by Crippen LogP contribution is -2.22. The van der Waals surface area contributed by atoms with Crippen molar-refractivity contribution in [2.75, 3.05) is 0 Å². The molecule has 0 saturated carbocycles. The van der Waals surface area contributed by atoms with Gasteiger partial charge in [0.1, 0.15) is 6.10 Å². The first kappa shape index (κ1) is 22.0. The maximum atomic E-state index is 10.9. The second kappa shape index (κ2) is 17.4. The number of hydrogen-bond donors (Lipinski definition) is 1. The van der Waals surface area contributed by atoms with Crippen LogP contribution in [0.4, 0.5) is 4.79 Å². The average Bonchev–Trinajstić information content (AvgIpc) is 2.52. The zero-order valence-electron chi connectivity index (χ0n) is 15.5. The molecule has 1 atom stereocenters. The van der Waals surface area contributed by atoms with Gasteiger partial charge < -0.3 is 10.5 Å². The molecule has 1 unspecified atom stereocenters. The van der Waals surface area contributed by atoms with E-state index in [4.69, 9.17) is 10.5 Å². The lowest BCUT2D eigenvalue weighted by molar-refractivity contribution is 0.0923. The van der Waals surface area contributed by atoms with E-state index < -0.39 is 6.09 Å². The Bertz CT molecular complexity index is 289. The molecular weight excluding hydrogens is 286 g/mol. The minimum atomic E-state index is -0.627. The second-order valence-electron chi connectivity index (χ2n) is 6.51. The smallest absolute Gasteiger partial charge is 0.404 e. The summed E-state index contributed by atoms with van der Waals surface area (Å²) < 4.78 is 5.21. The monoisotopic (exact) mass is 325 g/mol. The third-order valence-corrected chi connectivity index (χ3v) is 4.20. The van der Waals surface area contributed by atoms with E-state index in [0.717, 1.165) is 25.7 Å². The molecule has 23 heavy (non-hydrogen) atoms. The Balaban J connectivity index is 3.56. The SMILES string of the molecule is CCCCCCC=CCCCCCC(CCCCC)OC(N)=O. The molecule has 0 radical (unpaired) electrons. The first-order chi connectivity index (χ1) is 11.2. The van der Waals surface area contributed by atoms with Crippen molar-refractivity contribution in [2.45, 2.75) is 110 Å². The molecule has 0 aromatic heterocycles. The summed E-state index contributed by atoms with van der Waals surface area (Å²) in [6, 6.07) is 0. The summed E-state index contributed by atoms with van der Waals surface area (Å²) in [4.78, 5) is 10.9. The Labute approximate surface area is 144 Å². The minimum absolute atomic E-state index is 0.0214. The molecule has 0 bridgehead atoms. The van der Waals surface area contributed by atoms with Crippen molar-refractivity contribution < 1.29 is 9.53 Å². The Hall–Kier alpha value is -0.990. The topological polar surface area (TPSA) is 52.3 Å².